The van der Waals surface area contributed by atoms with Crippen molar-refractivity contribution in [3.05, 3.63) is 44.6 Å². The first-order valence-corrected chi connectivity index (χ1v) is 15.0. The molecule has 7 nitrogen and oxygen atoms in total. The molecule has 10 heteroatoms. The first kappa shape index (κ1) is 27.2. The van der Waals surface area contributed by atoms with Crippen LogP contribution in [0.1, 0.15) is 52.5 Å². The molecule has 0 radical (unpaired) electrons. The SMILES string of the molecule is C#CCn1c(=NC(=O)CSCC(=O)Nc2sc3c(c2C(=O)OCC)CCCCC3)sc2cc(C)ccc21. The number of hydrogen-bond donors (Lipinski definition) is 1. The van der Waals surface area contributed by atoms with E-state index in [-0.39, 0.29) is 29.9 Å². The molecule has 0 saturated heterocycles. The van der Waals surface area contributed by atoms with E-state index < -0.39 is 5.97 Å². The van der Waals surface area contributed by atoms with Gasteiger partial charge in [0.2, 0.25) is 5.91 Å². The van der Waals surface area contributed by atoms with Crippen molar-refractivity contribution in [3.63, 3.8) is 0 Å². The number of carbonyl (C=O) groups is 3. The van der Waals surface area contributed by atoms with Crippen LogP contribution in [-0.4, -0.2) is 40.5 Å². The van der Waals surface area contributed by atoms with Crippen molar-refractivity contribution in [2.24, 2.45) is 4.99 Å². The number of esters is 1. The standard InChI is InChI=1S/C27H29N3O4S3/c1-4-13-30-19-12-11-17(3)14-21(19)37-27(30)29-23(32)16-35-15-22(31)28-25-24(26(33)34-5-2)18-9-7-6-8-10-20(18)36-25/h1,11-12,14H,5-10,13,15-16H2,2-3H3,(H,28,31). The van der Waals surface area contributed by atoms with Crippen molar-refractivity contribution < 1.29 is 19.1 Å². The number of thiazole rings is 1. The van der Waals surface area contributed by atoms with Gasteiger partial charge >= 0.3 is 5.97 Å². The molecule has 1 N–H and O–H groups in total. The maximum atomic E-state index is 12.7. The molecule has 3 aromatic rings. The largest absolute Gasteiger partial charge is 0.462 e. The highest BCUT2D eigenvalue weighted by Crippen LogP contribution is 2.38. The molecule has 2 heterocycles. The maximum absolute atomic E-state index is 12.7. The summed E-state index contributed by atoms with van der Waals surface area (Å²) in [5.74, 6) is 1.76. The Morgan fingerprint density at radius 1 is 1.19 bits per heavy atom. The van der Waals surface area contributed by atoms with Crippen LogP contribution < -0.4 is 10.1 Å². The number of amides is 2. The molecule has 2 aromatic heterocycles. The van der Waals surface area contributed by atoms with E-state index in [0.29, 0.717) is 21.9 Å². The smallest absolute Gasteiger partial charge is 0.341 e. The number of hydrogen-bond acceptors (Lipinski definition) is 7. The Morgan fingerprint density at radius 2 is 2.00 bits per heavy atom. The summed E-state index contributed by atoms with van der Waals surface area (Å²) in [6.45, 7) is 4.38. The zero-order valence-electron chi connectivity index (χ0n) is 20.9. The lowest BCUT2D eigenvalue weighted by atomic mass is 10.1. The Kier molecular flexibility index (Phi) is 9.24. The highest BCUT2D eigenvalue weighted by atomic mass is 32.2. The van der Waals surface area contributed by atoms with Gasteiger partial charge in [0.25, 0.3) is 5.91 Å². The third-order valence-corrected chi connectivity index (χ3v) is 9.09. The third kappa shape index (κ3) is 6.53. The molecular formula is C27H29N3O4S3. The van der Waals surface area contributed by atoms with E-state index in [2.05, 4.69) is 16.2 Å². The van der Waals surface area contributed by atoms with Gasteiger partial charge in [-0.1, -0.05) is 29.7 Å². The number of benzene rings is 1. The second-order valence-corrected chi connectivity index (χ2v) is 11.8. The van der Waals surface area contributed by atoms with Gasteiger partial charge in [0.1, 0.15) is 5.00 Å². The molecule has 1 aliphatic carbocycles. The van der Waals surface area contributed by atoms with Gasteiger partial charge < -0.3 is 14.6 Å². The van der Waals surface area contributed by atoms with Crippen LogP contribution in [0.3, 0.4) is 0 Å². The zero-order chi connectivity index (χ0) is 26.4. The van der Waals surface area contributed by atoms with Crippen molar-refractivity contribution in [1.29, 1.82) is 0 Å². The van der Waals surface area contributed by atoms with Gasteiger partial charge in [-0.3, -0.25) is 9.59 Å². The Labute approximate surface area is 228 Å². The van der Waals surface area contributed by atoms with Gasteiger partial charge in [-0.15, -0.1) is 29.5 Å². The van der Waals surface area contributed by atoms with E-state index in [1.165, 1.54) is 34.4 Å². The predicted molar refractivity (Wildman–Crippen MR) is 151 cm³/mol. The van der Waals surface area contributed by atoms with Gasteiger partial charge in [0.05, 0.1) is 40.4 Å². The number of aromatic nitrogens is 1. The van der Waals surface area contributed by atoms with E-state index in [0.717, 1.165) is 58.3 Å². The number of thiophene rings is 1. The summed E-state index contributed by atoms with van der Waals surface area (Å²) in [7, 11) is 0. The number of nitrogens with zero attached hydrogens (tertiary/aromatic N) is 2. The summed E-state index contributed by atoms with van der Waals surface area (Å²) in [4.78, 5) is 44.0. The number of ether oxygens (including phenoxy) is 1. The molecule has 0 bridgehead atoms. The minimum absolute atomic E-state index is 0.0580. The summed E-state index contributed by atoms with van der Waals surface area (Å²) in [6.07, 6.45) is 10.5. The topological polar surface area (TPSA) is 89.8 Å². The molecule has 0 spiro atoms. The summed E-state index contributed by atoms with van der Waals surface area (Å²) in [5, 5.41) is 3.44. The van der Waals surface area contributed by atoms with Crippen LogP contribution in [0.2, 0.25) is 0 Å². The highest BCUT2D eigenvalue weighted by molar-refractivity contribution is 8.00. The van der Waals surface area contributed by atoms with Gasteiger partial charge in [-0.25, -0.2) is 4.79 Å². The second-order valence-electron chi connectivity index (χ2n) is 8.68. The highest BCUT2D eigenvalue weighted by Gasteiger charge is 2.26. The van der Waals surface area contributed by atoms with Crippen molar-refractivity contribution >= 4 is 67.4 Å². The molecular weight excluding hydrogens is 527 g/mol. The Balaban J connectivity index is 1.42. The number of nitrogens with one attached hydrogen (secondary N) is 1. The Hall–Kier alpha value is -2.87. The van der Waals surface area contributed by atoms with Crippen LogP contribution >= 0.6 is 34.4 Å². The molecule has 4 rings (SSSR count). The number of carbonyl (C=O) groups excluding carboxylic acids is 3. The van der Waals surface area contributed by atoms with E-state index in [9.17, 15) is 14.4 Å². The minimum atomic E-state index is -0.391. The fourth-order valence-corrected chi connectivity index (χ4v) is 7.33. The molecule has 194 valence electrons. The first-order valence-electron chi connectivity index (χ1n) is 12.2. The molecule has 1 aliphatic rings. The fraction of sp³-hybridized carbons (Fsp3) is 0.407. The number of aryl methyl sites for hydroxylation is 2. The van der Waals surface area contributed by atoms with Crippen molar-refractivity contribution in [1.82, 2.24) is 4.57 Å². The van der Waals surface area contributed by atoms with Gasteiger partial charge in [-0.05, 0) is 62.8 Å². The van der Waals surface area contributed by atoms with Crippen molar-refractivity contribution in [2.45, 2.75) is 52.5 Å². The Bertz CT molecular complexity index is 1440. The minimum Gasteiger partial charge on any atom is -0.462 e. The predicted octanol–water partition coefficient (Wildman–Crippen LogP) is 4.95. The Morgan fingerprint density at radius 3 is 2.78 bits per heavy atom. The maximum Gasteiger partial charge on any atom is 0.341 e. The summed E-state index contributed by atoms with van der Waals surface area (Å²) >= 11 is 4.07. The van der Waals surface area contributed by atoms with Crippen LogP contribution in [0.15, 0.2) is 23.2 Å². The zero-order valence-corrected chi connectivity index (χ0v) is 23.4. The lowest BCUT2D eigenvalue weighted by Gasteiger charge is -2.08. The monoisotopic (exact) mass is 555 g/mol. The summed E-state index contributed by atoms with van der Waals surface area (Å²) in [5.41, 5.74) is 3.57. The number of rotatable bonds is 8. The molecule has 0 unspecified atom stereocenters. The normalized spacial score (nSPS) is 13.6. The van der Waals surface area contributed by atoms with E-state index in [4.69, 9.17) is 11.2 Å². The fourth-order valence-electron chi connectivity index (χ4n) is 4.29. The number of anilines is 1. The molecule has 37 heavy (non-hydrogen) atoms. The summed E-state index contributed by atoms with van der Waals surface area (Å²) in [6, 6.07) is 6.03. The number of fused-ring (bicyclic) bond motifs is 2. The molecule has 0 aliphatic heterocycles. The summed E-state index contributed by atoms with van der Waals surface area (Å²) < 4.78 is 8.15. The van der Waals surface area contributed by atoms with Crippen LogP contribution in [-0.2, 0) is 33.7 Å². The molecule has 1 aromatic carbocycles. The lowest BCUT2D eigenvalue weighted by molar-refractivity contribution is -0.115. The van der Waals surface area contributed by atoms with E-state index in [1.54, 1.807) is 6.92 Å². The average molecular weight is 556 g/mol. The molecule has 0 saturated carbocycles. The van der Waals surface area contributed by atoms with E-state index in [1.807, 2.05) is 29.7 Å². The molecule has 0 atom stereocenters. The van der Waals surface area contributed by atoms with Gasteiger partial charge in [-0.2, -0.15) is 4.99 Å². The average Bonchev–Trinajstić information content (AvgIpc) is 3.26. The number of terminal acetylenes is 1. The lowest BCUT2D eigenvalue weighted by Crippen LogP contribution is -2.19. The number of thioether (sulfide) groups is 1. The van der Waals surface area contributed by atoms with Crippen LogP contribution in [0.4, 0.5) is 5.00 Å². The van der Waals surface area contributed by atoms with Crippen LogP contribution in [0.5, 0.6) is 0 Å². The van der Waals surface area contributed by atoms with Crippen LogP contribution in [0.25, 0.3) is 10.2 Å². The van der Waals surface area contributed by atoms with Crippen molar-refractivity contribution in [2.75, 3.05) is 23.4 Å². The first-order chi connectivity index (χ1) is 17.9. The van der Waals surface area contributed by atoms with Gasteiger partial charge in [0, 0.05) is 4.88 Å². The van der Waals surface area contributed by atoms with Gasteiger partial charge in [0.15, 0.2) is 4.80 Å². The van der Waals surface area contributed by atoms with Crippen LogP contribution in [0, 0.1) is 19.3 Å². The third-order valence-electron chi connectivity index (χ3n) is 5.92. The second kappa shape index (κ2) is 12.6. The quantitative estimate of drug-likeness (QED) is 0.241. The molecule has 0 fully saturated rings. The van der Waals surface area contributed by atoms with E-state index >= 15 is 0 Å². The van der Waals surface area contributed by atoms with Crippen molar-refractivity contribution in [3.8, 4) is 12.3 Å². The molecule has 2 amide bonds.